The number of rotatable bonds is 6. The first kappa shape index (κ1) is 22.7. The Balaban J connectivity index is 0.00000280. The molecule has 2 aliphatic rings. The van der Waals surface area contributed by atoms with Crippen LogP contribution in [-0.4, -0.2) is 59.2 Å². The Labute approximate surface area is 174 Å². The van der Waals surface area contributed by atoms with Gasteiger partial charge in [-0.25, -0.2) is 0 Å². The standard InChI is InChI=1S/C20H33N5O2.ClH/c1-15(17-3-7-21-8-4-17)11-19(26)25-9-5-16(6-10-25)12-22-20(27)18-13-23-24(2)14-18;/h13-17,21H,3-12H2,1-2H3,(H,22,27);1H. The zero-order valence-electron chi connectivity index (χ0n) is 17.0. The van der Waals surface area contributed by atoms with Crippen molar-refractivity contribution in [3.05, 3.63) is 18.0 Å². The summed E-state index contributed by atoms with van der Waals surface area (Å²) in [6.07, 6.45) is 8.27. The molecule has 3 heterocycles. The van der Waals surface area contributed by atoms with Crippen LogP contribution in [0, 0.1) is 17.8 Å². The third kappa shape index (κ3) is 6.21. The zero-order chi connectivity index (χ0) is 19.2. The highest BCUT2D eigenvalue weighted by Gasteiger charge is 2.27. The molecule has 1 atom stereocenters. The predicted molar refractivity (Wildman–Crippen MR) is 111 cm³/mol. The molecule has 1 aromatic rings. The molecule has 0 radical (unpaired) electrons. The van der Waals surface area contributed by atoms with Crippen molar-refractivity contribution in [1.29, 1.82) is 0 Å². The SMILES string of the molecule is CC(CC(=O)N1CCC(CNC(=O)c2cnn(C)c2)CC1)C1CCNCC1.Cl. The van der Waals surface area contributed by atoms with Crippen LogP contribution in [0.4, 0.5) is 0 Å². The fourth-order valence-electron chi connectivity index (χ4n) is 4.25. The summed E-state index contributed by atoms with van der Waals surface area (Å²) < 4.78 is 1.63. The van der Waals surface area contributed by atoms with Gasteiger partial charge in [-0.3, -0.25) is 14.3 Å². The molecule has 2 amide bonds. The van der Waals surface area contributed by atoms with E-state index in [4.69, 9.17) is 0 Å². The second kappa shape index (κ2) is 10.8. The highest BCUT2D eigenvalue weighted by atomic mass is 35.5. The van der Waals surface area contributed by atoms with E-state index in [9.17, 15) is 9.59 Å². The molecule has 8 heteroatoms. The van der Waals surface area contributed by atoms with Crippen LogP contribution in [0.1, 0.15) is 49.4 Å². The molecule has 28 heavy (non-hydrogen) atoms. The number of hydrogen-bond acceptors (Lipinski definition) is 4. The summed E-state index contributed by atoms with van der Waals surface area (Å²) >= 11 is 0. The maximum Gasteiger partial charge on any atom is 0.254 e. The lowest BCUT2D eigenvalue weighted by atomic mass is 9.83. The number of nitrogens with one attached hydrogen (secondary N) is 2. The third-order valence-electron chi connectivity index (χ3n) is 6.17. The molecule has 158 valence electrons. The second-order valence-corrected chi connectivity index (χ2v) is 8.21. The molecule has 1 unspecified atom stereocenters. The Bertz CT molecular complexity index is 636. The number of carbonyl (C=O) groups excluding carboxylic acids is 2. The molecule has 0 bridgehead atoms. The summed E-state index contributed by atoms with van der Waals surface area (Å²) in [5.74, 6) is 1.82. The first-order chi connectivity index (χ1) is 13.0. The van der Waals surface area contributed by atoms with Crippen LogP contribution in [0.15, 0.2) is 12.4 Å². The Morgan fingerprint density at radius 1 is 1.25 bits per heavy atom. The summed E-state index contributed by atoms with van der Waals surface area (Å²) in [4.78, 5) is 26.8. The second-order valence-electron chi connectivity index (χ2n) is 8.21. The fourth-order valence-corrected chi connectivity index (χ4v) is 4.25. The van der Waals surface area contributed by atoms with Crippen LogP contribution < -0.4 is 10.6 Å². The van der Waals surface area contributed by atoms with Gasteiger partial charge in [0, 0.05) is 39.3 Å². The van der Waals surface area contributed by atoms with Crippen LogP contribution in [0.5, 0.6) is 0 Å². The summed E-state index contributed by atoms with van der Waals surface area (Å²) in [6, 6.07) is 0. The smallest absolute Gasteiger partial charge is 0.254 e. The minimum Gasteiger partial charge on any atom is -0.352 e. The van der Waals surface area contributed by atoms with E-state index in [1.807, 2.05) is 4.90 Å². The summed E-state index contributed by atoms with van der Waals surface area (Å²) in [5.41, 5.74) is 0.594. The Morgan fingerprint density at radius 3 is 2.54 bits per heavy atom. The molecule has 2 fully saturated rings. The minimum absolute atomic E-state index is 0. The van der Waals surface area contributed by atoms with Crippen molar-refractivity contribution in [1.82, 2.24) is 25.3 Å². The number of nitrogens with zero attached hydrogens (tertiary/aromatic N) is 3. The van der Waals surface area contributed by atoms with Gasteiger partial charge < -0.3 is 15.5 Å². The van der Waals surface area contributed by atoms with Crippen molar-refractivity contribution in [3.63, 3.8) is 0 Å². The van der Waals surface area contributed by atoms with E-state index >= 15 is 0 Å². The van der Waals surface area contributed by atoms with Gasteiger partial charge in [0.1, 0.15) is 0 Å². The van der Waals surface area contributed by atoms with E-state index in [0.717, 1.165) is 39.0 Å². The monoisotopic (exact) mass is 411 g/mol. The number of likely N-dealkylation sites (tertiary alicyclic amines) is 1. The molecular formula is C20H34ClN5O2. The minimum atomic E-state index is -0.0718. The topological polar surface area (TPSA) is 79.3 Å². The quantitative estimate of drug-likeness (QED) is 0.748. The molecular weight excluding hydrogens is 378 g/mol. The Hall–Kier alpha value is -1.60. The Morgan fingerprint density at radius 2 is 1.93 bits per heavy atom. The highest BCUT2D eigenvalue weighted by molar-refractivity contribution is 5.93. The average Bonchev–Trinajstić information content (AvgIpc) is 3.13. The summed E-state index contributed by atoms with van der Waals surface area (Å²) in [7, 11) is 1.80. The van der Waals surface area contributed by atoms with Gasteiger partial charge >= 0.3 is 0 Å². The van der Waals surface area contributed by atoms with Crippen LogP contribution in [-0.2, 0) is 11.8 Å². The molecule has 0 saturated carbocycles. The van der Waals surface area contributed by atoms with Gasteiger partial charge in [0.15, 0.2) is 0 Å². The van der Waals surface area contributed by atoms with E-state index in [-0.39, 0.29) is 18.3 Å². The van der Waals surface area contributed by atoms with E-state index < -0.39 is 0 Å². The normalized spacial score (nSPS) is 19.7. The molecule has 0 aliphatic carbocycles. The largest absolute Gasteiger partial charge is 0.352 e. The van der Waals surface area contributed by atoms with Crippen molar-refractivity contribution in [3.8, 4) is 0 Å². The summed E-state index contributed by atoms with van der Waals surface area (Å²) in [6.45, 7) is 6.69. The van der Waals surface area contributed by atoms with Crippen molar-refractivity contribution in [2.75, 3.05) is 32.7 Å². The highest BCUT2D eigenvalue weighted by Crippen LogP contribution is 2.26. The first-order valence-corrected chi connectivity index (χ1v) is 10.3. The van der Waals surface area contributed by atoms with Crippen LogP contribution >= 0.6 is 12.4 Å². The third-order valence-corrected chi connectivity index (χ3v) is 6.17. The molecule has 0 spiro atoms. The number of piperidine rings is 2. The van der Waals surface area contributed by atoms with Gasteiger partial charge in [0.05, 0.1) is 11.8 Å². The van der Waals surface area contributed by atoms with Gasteiger partial charge in [0.25, 0.3) is 5.91 Å². The van der Waals surface area contributed by atoms with Gasteiger partial charge in [-0.1, -0.05) is 6.92 Å². The zero-order valence-corrected chi connectivity index (χ0v) is 17.8. The van der Waals surface area contributed by atoms with Crippen LogP contribution in [0.25, 0.3) is 0 Å². The lowest BCUT2D eigenvalue weighted by Gasteiger charge is -2.34. The molecule has 2 saturated heterocycles. The van der Waals surface area contributed by atoms with Crippen LogP contribution in [0.2, 0.25) is 0 Å². The molecule has 1 aromatic heterocycles. The Kier molecular flexibility index (Phi) is 8.76. The maximum absolute atomic E-state index is 12.6. The lowest BCUT2D eigenvalue weighted by Crippen LogP contribution is -2.42. The molecule has 7 nitrogen and oxygen atoms in total. The number of amides is 2. The van der Waals surface area contributed by atoms with Crippen molar-refractivity contribution < 1.29 is 9.59 Å². The lowest BCUT2D eigenvalue weighted by molar-refractivity contribution is -0.134. The molecule has 2 N–H and O–H groups in total. The van der Waals surface area contributed by atoms with Crippen molar-refractivity contribution in [2.45, 2.75) is 39.0 Å². The van der Waals surface area contributed by atoms with Gasteiger partial charge in [-0.05, 0) is 56.5 Å². The number of aromatic nitrogens is 2. The van der Waals surface area contributed by atoms with Crippen molar-refractivity contribution in [2.24, 2.45) is 24.8 Å². The van der Waals surface area contributed by atoms with E-state index in [1.165, 1.54) is 12.8 Å². The number of aryl methyl sites for hydroxylation is 1. The number of carbonyl (C=O) groups is 2. The molecule has 2 aliphatic heterocycles. The van der Waals surface area contributed by atoms with E-state index in [2.05, 4.69) is 22.7 Å². The van der Waals surface area contributed by atoms with E-state index in [0.29, 0.717) is 42.2 Å². The van der Waals surface area contributed by atoms with Gasteiger partial charge in [-0.2, -0.15) is 5.10 Å². The summed E-state index contributed by atoms with van der Waals surface area (Å²) in [5, 5.41) is 10.4. The van der Waals surface area contributed by atoms with Crippen LogP contribution in [0.3, 0.4) is 0 Å². The fraction of sp³-hybridized carbons (Fsp3) is 0.750. The van der Waals surface area contributed by atoms with Gasteiger partial charge in [-0.15, -0.1) is 12.4 Å². The predicted octanol–water partition coefficient (Wildman–Crippen LogP) is 1.84. The van der Waals surface area contributed by atoms with Gasteiger partial charge in [0.2, 0.25) is 5.91 Å². The molecule has 0 aromatic carbocycles. The molecule has 3 rings (SSSR count). The van der Waals surface area contributed by atoms with E-state index in [1.54, 1.807) is 24.1 Å². The maximum atomic E-state index is 12.6. The number of halogens is 1. The average molecular weight is 412 g/mol. The first-order valence-electron chi connectivity index (χ1n) is 10.3. The number of hydrogen-bond donors (Lipinski definition) is 2. The van der Waals surface area contributed by atoms with Crippen molar-refractivity contribution >= 4 is 24.2 Å².